The molecule has 0 spiro atoms. The number of nitrogens with one attached hydrogen (secondary N) is 4. The molecule has 0 radical (unpaired) electrons. The highest BCUT2D eigenvalue weighted by Gasteiger charge is 2.30. The molecule has 3 atom stereocenters. The lowest BCUT2D eigenvalue weighted by molar-refractivity contribution is 0.160. The summed E-state index contributed by atoms with van der Waals surface area (Å²) in [6, 6.07) is 13.1. The quantitative estimate of drug-likeness (QED) is 0.370. The molecule has 1 aliphatic carbocycles. The van der Waals surface area contributed by atoms with Crippen molar-refractivity contribution < 1.29 is 4.39 Å². The Kier molecular flexibility index (Phi) is 5.59. The van der Waals surface area contributed by atoms with Crippen LogP contribution in [0.5, 0.6) is 0 Å². The first-order chi connectivity index (χ1) is 15.6. The van der Waals surface area contributed by atoms with Gasteiger partial charge in [-0.3, -0.25) is 9.78 Å². The zero-order valence-corrected chi connectivity index (χ0v) is 17.5. The van der Waals surface area contributed by atoms with Crippen molar-refractivity contribution in [2.24, 2.45) is 0 Å². The molecule has 3 heterocycles. The van der Waals surface area contributed by atoms with E-state index in [9.17, 15) is 14.0 Å². The van der Waals surface area contributed by atoms with Gasteiger partial charge in [-0.05, 0) is 55.2 Å². The Morgan fingerprint density at radius 1 is 1.06 bits per heavy atom. The average molecular weight is 436 g/mol. The highest BCUT2D eigenvalue weighted by molar-refractivity contribution is 5.77. The molecule has 32 heavy (non-hydrogen) atoms. The summed E-state index contributed by atoms with van der Waals surface area (Å²) < 4.78 is 16.8. The number of benzene rings is 1. The van der Waals surface area contributed by atoms with Gasteiger partial charge in [-0.1, -0.05) is 12.1 Å². The Hall–Kier alpha value is -3.30. The van der Waals surface area contributed by atoms with E-state index < -0.39 is 17.4 Å². The summed E-state index contributed by atoms with van der Waals surface area (Å²) in [5.41, 5.74) is 2.51. The summed E-state index contributed by atoms with van der Waals surface area (Å²) >= 11 is 0. The predicted octanol–water partition coefficient (Wildman–Crippen LogP) is 2.00. The molecule has 1 aliphatic rings. The summed E-state index contributed by atoms with van der Waals surface area (Å²) in [5.74, 6) is 0. The van der Waals surface area contributed by atoms with Gasteiger partial charge in [0.2, 0.25) is 0 Å². The number of H-pyrrole nitrogens is 2. The predicted molar refractivity (Wildman–Crippen MR) is 120 cm³/mol. The van der Waals surface area contributed by atoms with Gasteiger partial charge in [0.15, 0.2) is 0 Å². The Morgan fingerprint density at radius 2 is 1.97 bits per heavy atom. The van der Waals surface area contributed by atoms with Crippen molar-refractivity contribution in [3.05, 3.63) is 80.8 Å². The summed E-state index contributed by atoms with van der Waals surface area (Å²) in [7, 11) is 0. The minimum absolute atomic E-state index is 0.117. The van der Waals surface area contributed by atoms with Crippen LogP contribution in [0.15, 0.2) is 58.3 Å². The monoisotopic (exact) mass is 436 g/mol. The molecule has 1 saturated carbocycles. The van der Waals surface area contributed by atoms with Crippen LogP contribution in [-0.4, -0.2) is 37.8 Å². The first kappa shape index (κ1) is 20.6. The van der Waals surface area contributed by atoms with E-state index in [0.717, 1.165) is 29.6 Å². The zero-order valence-electron chi connectivity index (χ0n) is 17.5. The van der Waals surface area contributed by atoms with Crippen LogP contribution < -0.4 is 21.9 Å². The van der Waals surface area contributed by atoms with Gasteiger partial charge in [0.1, 0.15) is 6.17 Å². The van der Waals surface area contributed by atoms with Gasteiger partial charge in [-0.15, -0.1) is 0 Å². The molecule has 0 saturated heterocycles. The minimum Gasteiger partial charge on any atom is -0.308 e. The lowest BCUT2D eigenvalue weighted by Crippen LogP contribution is -2.46. The van der Waals surface area contributed by atoms with Crippen molar-refractivity contribution in [1.29, 1.82) is 0 Å². The zero-order chi connectivity index (χ0) is 22.1. The molecule has 3 aromatic heterocycles. The maximum atomic E-state index is 14.9. The van der Waals surface area contributed by atoms with Crippen LogP contribution in [-0.2, 0) is 13.1 Å². The van der Waals surface area contributed by atoms with Gasteiger partial charge >= 0.3 is 5.69 Å². The second-order valence-corrected chi connectivity index (χ2v) is 8.37. The summed E-state index contributed by atoms with van der Waals surface area (Å²) in [5, 5.41) is 11.6. The number of hydrogen-bond acceptors (Lipinski definition) is 5. The number of fused-ring (bicyclic) bond motifs is 2. The van der Waals surface area contributed by atoms with Crippen LogP contribution >= 0.6 is 0 Å². The fourth-order valence-corrected chi connectivity index (χ4v) is 4.50. The number of hydrogen-bond donors (Lipinski definition) is 4. The number of pyridine rings is 1. The Labute approximate surface area is 182 Å². The molecule has 0 bridgehead atoms. The standard InChI is InChI=1S/C23H25FN6O2/c24-19-11-15(25-13-17-3-1-2-16-8-9-27-30(16)17)5-7-20(19)26-12-14-4-6-18-21(10-14)28-23(32)29-22(18)31/h1-4,6,8-10,15,19-20,25-26H,5,7,11-13H2,(H2,28,29,31,32)/t15-,19+,20-/m1/s1. The molecule has 166 valence electrons. The minimum atomic E-state index is -0.954. The Bertz CT molecular complexity index is 1360. The Morgan fingerprint density at radius 3 is 2.84 bits per heavy atom. The summed E-state index contributed by atoms with van der Waals surface area (Å²) in [6.07, 6.45) is 2.89. The summed E-state index contributed by atoms with van der Waals surface area (Å²) in [6.45, 7) is 1.11. The van der Waals surface area contributed by atoms with Gasteiger partial charge < -0.3 is 15.6 Å². The lowest BCUT2D eigenvalue weighted by Gasteiger charge is -2.33. The van der Waals surface area contributed by atoms with Crippen LogP contribution in [0.25, 0.3) is 16.4 Å². The van der Waals surface area contributed by atoms with Gasteiger partial charge in [0.05, 0.1) is 22.1 Å². The third-order valence-corrected chi connectivity index (χ3v) is 6.22. The number of alkyl halides is 1. The maximum absolute atomic E-state index is 14.9. The molecule has 0 amide bonds. The molecule has 9 heteroatoms. The largest absolute Gasteiger partial charge is 0.326 e. The maximum Gasteiger partial charge on any atom is 0.326 e. The fourth-order valence-electron chi connectivity index (χ4n) is 4.50. The van der Waals surface area contributed by atoms with E-state index in [-0.39, 0.29) is 12.1 Å². The van der Waals surface area contributed by atoms with E-state index in [1.54, 1.807) is 18.3 Å². The second-order valence-electron chi connectivity index (χ2n) is 8.37. The second kappa shape index (κ2) is 8.68. The topological polar surface area (TPSA) is 107 Å². The average Bonchev–Trinajstić information content (AvgIpc) is 3.26. The normalized spacial score (nSPS) is 21.3. The summed E-state index contributed by atoms with van der Waals surface area (Å²) in [4.78, 5) is 28.2. The smallest absolute Gasteiger partial charge is 0.308 e. The highest BCUT2D eigenvalue weighted by atomic mass is 19.1. The number of nitrogens with zero attached hydrogens (tertiary/aromatic N) is 2. The van der Waals surface area contributed by atoms with E-state index in [1.165, 1.54) is 0 Å². The van der Waals surface area contributed by atoms with Gasteiger partial charge in [-0.2, -0.15) is 5.10 Å². The molecule has 1 fully saturated rings. The van der Waals surface area contributed by atoms with Crippen LogP contribution in [0.3, 0.4) is 0 Å². The Balaban J connectivity index is 1.16. The van der Waals surface area contributed by atoms with Crippen LogP contribution in [0.1, 0.15) is 30.5 Å². The molecule has 8 nitrogen and oxygen atoms in total. The highest BCUT2D eigenvalue weighted by Crippen LogP contribution is 2.23. The van der Waals surface area contributed by atoms with Crippen molar-refractivity contribution in [3.63, 3.8) is 0 Å². The first-order valence-corrected chi connectivity index (χ1v) is 10.8. The molecule has 4 aromatic rings. The number of rotatable bonds is 6. The first-order valence-electron chi connectivity index (χ1n) is 10.8. The van der Waals surface area contributed by atoms with Crippen LogP contribution in [0.2, 0.25) is 0 Å². The van der Waals surface area contributed by atoms with Crippen molar-refractivity contribution in [2.45, 2.75) is 50.6 Å². The molecular formula is C23H25FN6O2. The van der Waals surface area contributed by atoms with Crippen LogP contribution in [0.4, 0.5) is 4.39 Å². The van der Waals surface area contributed by atoms with Gasteiger partial charge in [0.25, 0.3) is 5.56 Å². The van der Waals surface area contributed by atoms with Crippen molar-refractivity contribution in [1.82, 2.24) is 30.2 Å². The molecule has 4 N–H and O–H groups in total. The third kappa shape index (κ3) is 4.21. The van der Waals surface area contributed by atoms with E-state index >= 15 is 0 Å². The number of aromatic amines is 2. The van der Waals surface area contributed by atoms with Crippen LogP contribution in [0, 0.1) is 0 Å². The van der Waals surface area contributed by atoms with Crippen molar-refractivity contribution in [2.75, 3.05) is 0 Å². The molecule has 1 aromatic carbocycles. The molecule has 0 aliphatic heterocycles. The van der Waals surface area contributed by atoms with Gasteiger partial charge in [0, 0.05) is 31.4 Å². The van der Waals surface area contributed by atoms with E-state index in [0.29, 0.717) is 30.4 Å². The fraction of sp³-hybridized carbons (Fsp3) is 0.348. The third-order valence-electron chi connectivity index (χ3n) is 6.22. The van der Waals surface area contributed by atoms with Crippen molar-refractivity contribution in [3.8, 4) is 0 Å². The number of aromatic nitrogens is 4. The molecule has 5 rings (SSSR count). The van der Waals surface area contributed by atoms with E-state index in [2.05, 4.69) is 25.7 Å². The van der Waals surface area contributed by atoms with E-state index in [4.69, 9.17) is 0 Å². The molecular weight excluding hydrogens is 411 g/mol. The van der Waals surface area contributed by atoms with Crippen molar-refractivity contribution >= 4 is 16.4 Å². The lowest BCUT2D eigenvalue weighted by atomic mass is 9.89. The van der Waals surface area contributed by atoms with Gasteiger partial charge in [-0.25, -0.2) is 13.7 Å². The number of halogens is 1. The molecule has 0 unspecified atom stereocenters. The SMILES string of the molecule is O=c1[nH]c(=O)c2ccc(CN[C@@H]3CC[C@@H](NCc4cccc5ccnn45)C[C@@H]3F)cc2[nH]1. The van der Waals surface area contributed by atoms with E-state index in [1.807, 2.05) is 34.8 Å².